The van der Waals surface area contributed by atoms with Crippen molar-refractivity contribution in [3.8, 4) is 0 Å². The van der Waals surface area contributed by atoms with E-state index in [0.717, 1.165) is 12.8 Å². The van der Waals surface area contributed by atoms with E-state index in [2.05, 4.69) is 13.8 Å². The molecule has 0 heterocycles. The third-order valence-corrected chi connectivity index (χ3v) is 5.82. The van der Waals surface area contributed by atoms with Crippen molar-refractivity contribution in [1.82, 2.24) is 0 Å². The number of hydrogen-bond donors (Lipinski definition) is 0. The predicted octanol–water partition coefficient (Wildman–Crippen LogP) is 8.47. The molecule has 0 spiro atoms. The summed E-state index contributed by atoms with van der Waals surface area (Å²) in [5.74, 6) is 0. The van der Waals surface area contributed by atoms with Crippen molar-refractivity contribution >= 4 is 8.25 Å². The predicted molar refractivity (Wildman–Crippen MR) is 115 cm³/mol. The normalized spacial score (nSPS) is 11.5. The highest BCUT2D eigenvalue weighted by atomic mass is 31.1. The van der Waals surface area contributed by atoms with E-state index in [-0.39, 0.29) is 0 Å². The van der Waals surface area contributed by atoms with Gasteiger partial charge in [-0.25, -0.2) is 0 Å². The minimum absolute atomic E-state index is 0.589. The van der Waals surface area contributed by atoms with Crippen molar-refractivity contribution in [3.63, 3.8) is 0 Å². The molecule has 4 heteroatoms. The van der Waals surface area contributed by atoms with Crippen LogP contribution in [0.2, 0.25) is 0 Å². The highest BCUT2D eigenvalue weighted by Crippen LogP contribution is 2.25. The molecule has 0 radical (unpaired) electrons. The lowest BCUT2D eigenvalue weighted by molar-refractivity contribution is 0.218. The molecular weight excluding hydrogens is 343 g/mol. The van der Waals surface area contributed by atoms with E-state index < -0.39 is 8.25 Å². The zero-order chi connectivity index (χ0) is 19.1. The van der Waals surface area contributed by atoms with E-state index in [1.54, 1.807) is 0 Å². The van der Waals surface area contributed by atoms with Crippen LogP contribution < -0.4 is 0 Å². The minimum atomic E-state index is -2.25. The Morgan fingerprint density at radius 3 is 1.04 bits per heavy atom. The van der Waals surface area contributed by atoms with Crippen LogP contribution in [0.3, 0.4) is 0 Å². The Labute approximate surface area is 165 Å². The largest absolute Gasteiger partial charge is 0.319 e. The zero-order valence-electron chi connectivity index (χ0n) is 17.9. The summed E-state index contributed by atoms with van der Waals surface area (Å²) in [5, 5.41) is 0. The van der Waals surface area contributed by atoms with Gasteiger partial charge in [-0.3, -0.25) is 4.57 Å². The summed E-state index contributed by atoms with van der Waals surface area (Å²) < 4.78 is 22.3. The fourth-order valence-electron chi connectivity index (χ4n) is 3.18. The lowest BCUT2D eigenvalue weighted by Gasteiger charge is -2.06. The van der Waals surface area contributed by atoms with E-state index in [1.807, 2.05) is 0 Å². The van der Waals surface area contributed by atoms with Gasteiger partial charge in [-0.2, -0.15) is 0 Å². The van der Waals surface area contributed by atoms with Gasteiger partial charge in [-0.15, -0.1) is 0 Å². The topological polar surface area (TPSA) is 35.5 Å². The van der Waals surface area contributed by atoms with Crippen LogP contribution in [0, 0.1) is 0 Å². The Hall–Kier alpha value is 0.150. The van der Waals surface area contributed by atoms with Gasteiger partial charge in [-0.1, -0.05) is 117 Å². The van der Waals surface area contributed by atoms with Crippen molar-refractivity contribution in [2.75, 3.05) is 13.2 Å². The van der Waals surface area contributed by atoms with Gasteiger partial charge in [0.2, 0.25) is 0 Å². The van der Waals surface area contributed by atoms with Gasteiger partial charge in [0.05, 0.1) is 13.2 Å². The Bertz CT molecular complexity index is 259. The van der Waals surface area contributed by atoms with Crippen LogP contribution >= 0.6 is 8.25 Å². The van der Waals surface area contributed by atoms with Crippen molar-refractivity contribution in [2.45, 2.75) is 129 Å². The molecule has 0 aromatic rings. The third kappa shape index (κ3) is 22.2. The Morgan fingerprint density at radius 1 is 0.462 bits per heavy atom. The molecule has 0 aromatic heterocycles. The SMILES string of the molecule is CCCCCCCCCCCO[PH](=O)OCCCCCCCCCCC. The molecule has 3 nitrogen and oxygen atoms in total. The summed E-state index contributed by atoms with van der Waals surface area (Å²) >= 11 is 0. The molecule has 0 rings (SSSR count). The van der Waals surface area contributed by atoms with Crippen molar-refractivity contribution < 1.29 is 13.6 Å². The summed E-state index contributed by atoms with van der Waals surface area (Å²) in [5.41, 5.74) is 0. The summed E-state index contributed by atoms with van der Waals surface area (Å²) in [7, 11) is -2.25. The lowest BCUT2D eigenvalue weighted by Crippen LogP contribution is -1.92. The molecule has 0 atom stereocenters. The highest BCUT2D eigenvalue weighted by Gasteiger charge is 2.00. The van der Waals surface area contributed by atoms with Crippen molar-refractivity contribution in [1.29, 1.82) is 0 Å². The number of hydrogen-bond acceptors (Lipinski definition) is 3. The number of unbranched alkanes of at least 4 members (excludes halogenated alkanes) is 16. The molecule has 0 aromatic carbocycles. The van der Waals surface area contributed by atoms with Gasteiger partial charge in [0.25, 0.3) is 0 Å². The molecule has 0 bridgehead atoms. The smallest absolute Gasteiger partial charge is 0.311 e. The second-order valence-electron chi connectivity index (χ2n) is 7.60. The van der Waals surface area contributed by atoms with E-state index in [4.69, 9.17) is 9.05 Å². The lowest BCUT2D eigenvalue weighted by atomic mass is 10.1. The van der Waals surface area contributed by atoms with Crippen LogP contribution in [-0.4, -0.2) is 13.2 Å². The van der Waals surface area contributed by atoms with Gasteiger partial charge < -0.3 is 9.05 Å². The van der Waals surface area contributed by atoms with E-state index in [9.17, 15) is 4.57 Å². The Balaban J connectivity index is 3.13. The van der Waals surface area contributed by atoms with Gasteiger partial charge in [0, 0.05) is 0 Å². The van der Waals surface area contributed by atoms with Crippen LogP contribution in [0.15, 0.2) is 0 Å². The molecule has 158 valence electrons. The summed E-state index contributed by atoms with van der Waals surface area (Å²) in [6, 6.07) is 0. The summed E-state index contributed by atoms with van der Waals surface area (Å²) in [6.07, 6.45) is 23.2. The second kappa shape index (κ2) is 23.2. The maximum atomic E-state index is 11.7. The zero-order valence-corrected chi connectivity index (χ0v) is 18.9. The van der Waals surface area contributed by atoms with E-state index in [1.165, 1.54) is 103 Å². The average Bonchev–Trinajstić information content (AvgIpc) is 2.64. The number of rotatable bonds is 22. The van der Waals surface area contributed by atoms with Gasteiger partial charge in [-0.05, 0) is 12.8 Å². The first-order chi connectivity index (χ1) is 12.8. The maximum Gasteiger partial charge on any atom is 0.319 e. The Morgan fingerprint density at radius 2 is 0.731 bits per heavy atom. The summed E-state index contributed by atoms with van der Waals surface area (Å²) in [6.45, 7) is 5.69. The molecule has 26 heavy (non-hydrogen) atoms. The molecule has 0 fully saturated rings. The molecule has 0 aliphatic heterocycles. The summed E-state index contributed by atoms with van der Waals surface area (Å²) in [4.78, 5) is 0. The molecule has 0 aliphatic rings. The molecule has 0 unspecified atom stereocenters. The average molecular weight is 391 g/mol. The van der Waals surface area contributed by atoms with Gasteiger partial charge >= 0.3 is 8.25 Å². The van der Waals surface area contributed by atoms with Crippen LogP contribution in [0.5, 0.6) is 0 Å². The third-order valence-electron chi connectivity index (χ3n) is 4.94. The quantitative estimate of drug-likeness (QED) is 0.137. The van der Waals surface area contributed by atoms with E-state index in [0.29, 0.717) is 13.2 Å². The molecular formula is C22H47O3P. The highest BCUT2D eigenvalue weighted by molar-refractivity contribution is 7.33. The maximum absolute atomic E-state index is 11.7. The monoisotopic (exact) mass is 390 g/mol. The Kier molecular flexibility index (Phi) is 23.3. The first kappa shape index (κ1) is 26.1. The molecule has 0 saturated heterocycles. The standard InChI is InChI=1S/C22H47O3P/c1-3-5-7-9-11-13-15-17-19-21-24-26(23)25-22-20-18-16-14-12-10-8-6-4-2/h26H,3-22H2,1-2H3. The first-order valence-electron chi connectivity index (χ1n) is 11.6. The van der Waals surface area contributed by atoms with Crippen LogP contribution in [0.1, 0.15) is 129 Å². The molecule has 0 amide bonds. The van der Waals surface area contributed by atoms with E-state index >= 15 is 0 Å². The first-order valence-corrected chi connectivity index (χ1v) is 12.8. The van der Waals surface area contributed by atoms with Crippen molar-refractivity contribution in [2.24, 2.45) is 0 Å². The fraction of sp³-hybridized carbons (Fsp3) is 1.00. The van der Waals surface area contributed by atoms with Gasteiger partial charge in [0.1, 0.15) is 0 Å². The molecule has 0 saturated carbocycles. The van der Waals surface area contributed by atoms with Crippen LogP contribution in [0.25, 0.3) is 0 Å². The van der Waals surface area contributed by atoms with Crippen LogP contribution in [-0.2, 0) is 13.6 Å². The second-order valence-corrected chi connectivity index (χ2v) is 8.68. The van der Waals surface area contributed by atoms with Crippen molar-refractivity contribution in [3.05, 3.63) is 0 Å². The van der Waals surface area contributed by atoms with Crippen LogP contribution in [0.4, 0.5) is 0 Å². The van der Waals surface area contributed by atoms with Gasteiger partial charge in [0.15, 0.2) is 0 Å². The minimum Gasteiger partial charge on any atom is -0.311 e. The fourth-order valence-corrected chi connectivity index (χ4v) is 3.88. The molecule has 0 aliphatic carbocycles. The molecule has 0 N–H and O–H groups in total.